The van der Waals surface area contributed by atoms with E-state index in [-0.39, 0.29) is 5.91 Å². The lowest BCUT2D eigenvalue weighted by Gasteiger charge is -2.07. The second-order valence-electron chi connectivity index (χ2n) is 4.60. The number of fused-ring (bicyclic) bond motifs is 1. The maximum absolute atomic E-state index is 12.2. The first-order chi connectivity index (χ1) is 9.13. The predicted molar refractivity (Wildman–Crippen MR) is 82.9 cm³/mol. The van der Waals surface area contributed by atoms with Crippen molar-refractivity contribution in [2.24, 2.45) is 0 Å². The molecular formula is C14H13BrN2OS. The van der Waals surface area contributed by atoms with Crippen molar-refractivity contribution < 1.29 is 4.79 Å². The van der Waals surface area contributed by atoms with Gasteiger partial charge in [0.2, 0.25) is 0 Å². The molecule has 1 aromatic heterocycles. The first kappa shape index (κ1) is 12.7. The minimum absolute atomic E-state index is 0.0755. The van der Waals surface area contributed by atoms with Gasteiger partial charge in [-0.3, -0.25) is 4.79 Å². The Morgan fingerprint density at radius 3 is 2.89 bits per heavy atom. The minimum Gasteiger partial charge on any atom is -0.397 e. The number of rotatable bonds is 2. The summed E-state index contributed by atoms with van der Waals surface area (Å²) in [6, 6.07) is 7.46. The molecule has 3 rings (SSSR count). The van der Waals surface area contributed by atoms with Crippen molar-refractivity contribution in [3.05, 3.63) is 44.1 Å². The third-order valence-electron chi connectivity index (χ3n) is 3.23. The maximum Gasteiger partial charge on any atom is 0.265 e. The number of nitrogens with one attached hydrogen (secondary N) is 1. The highest BCUT2D eigenvalue weighted by molar-refractivity contribution is 9.10. The number of benzene rings is 1. The van der Waals surface area contributed by atoms with Crippen LogP contribution < -0.4 is 11.1 Å². The molecule has 0 saturated carbocycles. The molecule has 98 valence electrons. The Bertz CT molecular complexity index is 629. The Hall–Kier alpha value is -1.33. The molecule has 0 spiro atoms. The number of amides is 1. The van der Waals surface area contributed by atoms with Crippen LogP contribution in [0.15, 0.2) is 28.7 Å². The van der Waals surface area contributed by atoms with Crippen LogP contribution in [0.25, 0.3) is 0 Å². The average Bonchev–Trinajstić information content (AvgIpc) is 2.93. The molecule has 1 amide bonds. The monoisotopic (exact) mass is 336 g/mol. The fraction of sp³-hybridized carbons (Fsp3) is 0.214. The Morgan fingerprint density at radius 2 is 2.16 bits per heavy atom. The third-order valence-corrected chi connectivity index (χ3v) is 4.96. The summed E-state index contributed by atoms with van der Waals surface area (Å²) in [6.45, 7) is 0. The van der Waals surface area contributed by atoms with Crippen LogP contribution in [0, 0.1) is 0 Å². The van der Waals surface area contributed by atoms with E-state index in [4.69, 9.17) is 5.73 Å². The smallest absolute Gasteiger partial charge is 0.265 e. The van der Waals surface area contributed by atoms with Gasteiger partial charge in [-0.1, -0.05) is 15.9 Å². The van der Waals surface area contributed by atoms with Crippen LogP contribution in [0.3, 0.4) is 0 Å². The van der Waals surface area contributed by atoms with Crippen LogP contribution >= 0.6 is 27.3 Å². The number of anilines is 2. The van der Waals surface area contributed by atoms with E-state index in [2.05, 4.69) is 21.2 Å². The van der Waals surface area contributed by atoms with Gasteiger partial charge in [0.1, 0.15) is 0 Å². The highest BCUT2D eigenvalue weighted by atomic mass is 79.9. The Morgan fingerprint density at radius 1 is 1.32 bits per heavy atom. The maximum atomic E-state index is 12.2. The van der Waals surface area contributed by atoms with Crippen molar-refractivity contribution in [1.29, 1.82) is 0 Å². The summed E-state index contributed by atoms with van der Waals surface area (Å²) in [5, 5.41) is 2.87. The Kier molecular flexibility index (Phi) is 3.33. The zero-order chi connectivity index (χ0) is 13.4. The van der Waals surface area contributed by atoms with Gasteiger partial charge in [-0.05, 0) is 49.1 Å². The van der Waals surface area contributed by atoms with Gasteiger partial charge in [0.15, 0.2) is 0 Å². The normalized spacial score (nSPS) is 13.3. The summed E-state index contributed by atoms with van der Waals surface area (Å²) in [7, 11) is 0. The van der Waals surface area contributed by atoms with Crippen molar-refractivity contribution in [2.45, 2.75) is 19.3 Å². The van der Waals surface area contributed by atoms with Crippen LogP contribution in [0.4, 0.5) is 11.4 Å². The second-order valence-corrected chi connectivity index (χ2v) is 6.65. The Labute approximate surface area is 124 Å². The molecule has 0 bridgehead atoms. The molecule has 0 unspecified atom stereocenters. The van der Waals surface area contributed by atoms with Crippen molar-refractivity contribution in [1.82, 2.24) is 0 Å². The largest absolute Gasteiger partial charge is 0.397 e. The van der Waals surface area contributed by atoms with E-state index in [1.54, 1.807) is 23.5 Å². The SMILES string of the molecule is Nc1cc(Br)ccc1NC(=O)c1cc2c(s1)CCC2. The van der Waals surface area contributed by atoms with Crippen molar-refractivity contribution in [3.63, 3.8) is 0 Å². The summed E-state index contributed by atoms with van der Waals surface area (Å²) in [4.78, 5) is 14.3. The molecule has 1 aliphatic rings. The number of nitrogens with two attached hydrogens (primary N) is 1. The molecule has 1 aliphatic carbocycles. The molecule has 3 nitrogen and oxygen atoms in total. The van der Waals surface area contributed by atoms with Crippen LogP contribution in [0.1, 0.15) is 26.5 Å². The first-order valence-corrected chi connectivity index (χ1v) is 7.72. The molecule has 19 heavy (non-hydrogen) atoms. The molecule has 0 fully saturated rings. The minimum atomic E-state index is -0.0755. The number of hydrogen-bond donors (Lipinski definition) is 2. The first-order valence-electron chi connectivity index (χ1n) is 6.11. The van der Waals surface area contributed by atoms with Gasteiger partial charge in [-0.25, -0.2) is 0 Å². The summed E-state index contributed by atoms with van der Waals surface area (Å²) >= 11 is 4.94. The van der Waals surface area contributed by atoms with E-state index < -0.39 is 0 Å². The van der Waals surface area contributed by atoms with Crippen molar-refractivity contribution in [2.75, 3.05) is 11.1 Å². The van der Waals surface area contributed by atoms with Crippen molar-refractivity contribution in [3.8, 4) is 0 Å². The van der Waals surface area contributed by atoms with Crippen LogP contribution in [0.5, 0.6) is 0 Å². The van der Waals surface area contributed by atoms with E-state index in [1.807, 2.05) is 12.1 Å². The van der Waals surface area contributed by atoms with E-state index >= 15 is 0 Å². The summed E-state index contributed by atoms with van der Waals surface area (Å²) < 4.78 is 0.901. The number of aryl methyl sites for hydroxylation is 2. The van der Waals surface area contributed by atoms with Crippen LogP contribution in [0.2, 0.25) is 0 Å². The highest BCUT2D eigenvalue weighted by Gasteiger charge is 2.18. The molecular weight excluding hydrogens is 324 g/mol. The molecule has 2 aromatic rings. The fourth-order valence-electron chi connectivity index (χ4n) is 2.27. The summed E-state index contributed by atoms with van der Waals surface area (Å²) in [5.74, 6) is -0.0755. The molecule has 0 radical (unpaired) electrons. The number of nitrogen functional groups attached to an aromatic ring is 1. The standard InChI is InChI=1S/C14H13BrN2OS/c15-9-4-5-11(10(16)7-9)17-14(18)13-6-8-2-1-3-12(8)19-13/h4-7H,1-3,16H2,(H,17,18). The van der Waals surface area contributed by atoms with Gasteiger partial charge < -0.3 is 11.1 Å². The quantitative estimate of drug-likeness (QED) is 0.818. The number of carbonyl (C=O) groups is 1. The third kappa shape index (κ3) is 2.53. The van der Waals surface area contributed by atoms with Gasteiger partial charge in [0.05, 0.1) is 16.3 Å². The second kappa shape index (κ2) is 4.98. The Balaban J connectivity index is 1.80. The summed E-state index contributed by atoms with van der Waals surface area (Å²) in [6.07, 6.45) is 3.41. The van der Waals surface area contributed by atoms with Crippen LogP contribution in [-0.4, -0.2) is 5.91 Å². The van der Waals surface area contributed by atoms with Gasteiger partial charge in [-0.2, -0.15) is 0 Å². The zero-order valence-electron chi connectivity index (χ0n) is 10.2. The molecule has 5 heteroatoms. The molecule has 0 saturated heterocycles. The number of hydrogen-bond acceptors (Lipinski definition) is 3. The molecule has 3 N–H and O–H groups in total. The number of carbonyl (C=O) groups excluding carboxylic acids is 1. The lowest BCUT2D eigenvalue weighted by atomic mass is 10.2. The lowest BCUT2D eigenvalue weighted by molar-refractivity contribution is 0.103. The van der Waals surface area contributed by atoms with E-state index in [0.29, 0.717) is 11.4 Å². The molecule has 0 atom stereocenters. The summed E-state index contributed by atoms with van der Waals surface area (Å²) in [5.41, 5.74) is 8.43. The topological polar surface area (TPSA) is 55.1 Å². The van der Waals surface area contributed by atoms with Crippen molar-refractivity contribution >= 4 is 44.5 Å². The van der Waals surface area contributed by atoms with Gasteiger partial charge in [0, 0.05) is 9.35 Å². The van der Waals surface area contributed by atoms with Gasteiger partial charge in [0.25, 0.3) is 5.91 Å². The lowest BCUT2D eigenvalue weighted by Crippen LogP contribution is -2.11. The van der Waals surface area contributed by atoms with E-state index in [0.717, 1.165) is 22.2 Å². The van der Waals surface area contributed by atoms with Gasteiger partial charge in [-0.15, -0.1) is 11.3 Å². The number of halogens is 1. The molecule has 1 aromatic carbocycles. The molecule has 1 heterocycles. The highest BCUT2D eigenvalue weighted by Crippen LogP contribution is 2.31. The van der Waals surface area contributed by atoms with E-state index in [9.17, 15) is 4.79 Å². The fourth-order valence-corrected chi connectivity index (χ4v) is 3.80. The van der Waals surface area contributed by atoms with Crippen LogP contribution in [-0.2, 0) is 12.8 Å². The molecule has 0 aliphatic heterocycles. The average molecular weight is 337 g/mol. The van der Waals surface area contributed by atoms with E-state index in [1.165, 1.54) is 16.9 Å². The predicted octanol–water partition coefficient (Wildman–Crippen LogP) is 3.83. The van der Waals surface area contributed by atoms with Gasteiger partial charge >= 0.3 is 0 Å². The number of thiophene rings is 1. The zero-order valence-corrected chi connectivity index (χ0v) is 12.6.